The molecule has 1 fully saturated rings. The number of rotatable bonds is 4. The van der Waals surface area contributed by atoms with Gasteiger partial charge in [-0.1, -0.05) is 42.5 Å². The number of carboxylic acid groups (broad SMARTS) is 1. The van der Waals surface area contributed by atoms with Crippen molar-refractivity contribution in [3.05, 3.63) is 40.5 Å². The van der Waals surface area contributed by atoms with Crippen molar-refractivity contribution in [1.82, 2.24) is 15.0 Å². The Morgan fingerprint density at radius 1 is 1.19 bits per heavy atom. The fraction of sp³-hybridized carbons (Fsp3) is 0.381. The molecule has 11 heteroatoms. The summed E-state index contributed by atoms with van der Waals surface area (Å²) in [7, 11) is 0. The normalized spacial score (nSPS) is 14.7. The standard InChI is InChI=1S/C19H20Cl2N4.C2HF3O2/c20-14-9-16-17(10-15(14)21)25-19(24-16)13-7-4-8-22-18(13)23-11-12-5-2-1-3-6-12;3-2(4,5)1(6)7/h4,7-10,12H,1-3,5-6,11H2,(H,22,23)(H,24,25);(H,6,7). The third kappa shape index (κ3) is 6.26. The Hall–Kier alpha value is -2.52. The van der Waals surface area contributed by atoms with E-state index in [2.05, 4.69) is 20.3 Å². The van der Waals surface area contributed by atoms with Gasteiger partial charge in [-0.25, -0.2) is 14.8 Å². The van der Waals surface area contributed by atoms with Gasteiger partial charge in [0.2, 0.25) is 0 Å². The summed E-state index contributed by atoms with van der Waals surface area (Å²) in [4.78, 5) is 21.4. The molecule has 0 saturated heterocycles. The smallest absolute Gasteiger partial charge is 0.475 e. The Morgan fingerprint density at radius 2 is 1.84 bits per heavy atom. The Balaban J connectivity index is 0.000000360. The summed E-state index contributed by atoms with van der Waals surface area (Å²) in [5.41, 5.74) is 2.62. The number of halogens is 5. The number of nitrogens with zero attached hydrogens (tertiary/aromatic N) is 2. The lowest BCUT2D eigenvalue weighted by atomic mass is 9.89. The van der Waals surface area contributed by atoms with E-state index in [0.717, 1.165) is 40.7 Å². The minimum absolute atomic E-state index is 0.508. The summed E-state index contributed by atoms with van der Waals surface area (Å²) in [6.07, 6.45) is 3.38. The summed E-state index contributed by atoms with van der Waals surface area (Å²) in [6, 6.07) is 7.54. The second-order valence-corrected chi connectivity index (χ2v) is 8.27. The first-order valence-electron chi connectivity index (χ1n) is 9.99. The second-order valence-electron chi connectivity index (χ2n) is 7.46. The second kappa shape index (κ2) is 10.4. The van der Waals surface area contributed by atoms with Crippen LogP contribution in [0.3, 0.4) is 0 Å². The molecule has 4 rings (SSSR count). The fourth-order valence-electron chi connectivity index (χ4n) is 3.50. The van der Waals surface area contributed by atoms with E-state index in [1.807, 2.05) is 18.3 Å². The number of aromatic nitrogens is 3. The van der Waals surface area contributed by atoms with Gasteiger partial charge in [-0.05, 0) is 43.0 Å². The highest BCUT2D eigenvalue weighted by Gasteiger charge is 2.38. The number of alkyl halides is 3. The molecule has 172 valence electrons. The zero-order valence-corrected chi connectivity index (χ0v) is 18.4. The lowest BCUT2D eigenvalue weighted by Gasteiger charge is -2.22. The van der Waals surface area contributed by atoms with Crippen molar-refractivity contribution >= 4 is 46.0 Å². The van der Waals surface area contributed by atoms with Crippen molar-refractivity contribution in [2.45, 2.75) is 38.3 Å². The molecule has 32 heavy (non-hydrogen) atoms. The summed E-state index contributed by atoms with van der Waals surface area (Å²) >= 11 is 12.2. The van der Waals surface area contributed by atoms with E-state index in [9.17, 15) is 13.2 Å². The van der Waals surface area contributed by atoms with E-state index >= 15 is 0 Å². The number of fused-ring (bicyclic) bond motifs is 1. The van der Waals surface area contributed by atoms with Gasteiger partial charge in [-0.3, -0.25) is 0 Å². The van der Waals surface area contributed by atoms with Crippen molar-refractivity contribution in [3.63, 3.8) is 0 Å². The highest BCUT2D eigenvalue weighted by Crippen LogP contribution is 2.31. The fourth-order valence-corrected chi connectivity index (χ4v) is 3.82. The van der Waals surface area contributed by atoms with Crippen LogP contribution in [-0.4, -0.2) is 38.7 Å². The Kier molecular flexibility index (Phi) is 7.84. The van der Waals surface area contributed by atoms with Crippen LogP contribution in [0.5, 0.6) is 0 Å². The molecule has 0 amide bonds. The molecule has 6 nitrogen and oxygen atoms in total. The van der Waals surface area contributed by atoms with Crippen molar-refractivity contribution in [1.29, 1.82) is 0 Å². The molecule has 2 aromatic heterocycles. The van der Waals surface area contributed by atoms with Crippen molar-refractivity contribution < 1.29 is 23.1 Å². The summed E-state index contributed by atoms with van der Waals surface area (Å²) in [5.74, 6) is -0.388. The molecule has 1 saturated carbocycles. The van der Waals surface area contributed by atoms with Crippen molar-refractivity contribution in [2.24, 2.45) is 5.92 Å². The number of H-pyrrole nitrogens is 1. The van der Waals surface area contributed by atoms with E-state index in [0.29, 0.717) is 10.0 Å². The van der Waals surface area contributed by atoms with Gasteiger partial charge in [0.1, 0.15) is 11.6 Å². The minimum Gasteiger partial charge on any atom is -0.475 e. The first kappa shape index (κ1) is 24.1. The van der Waals surface area contributed by atoms with E-state index in [4.69, 9.17) is 33.1 Å². The Morgan fingerprint density at radius 3 is 2.50 bits per heavy atom. The maximum Gasteiger partial charge on any atom is 0.490 e. The summed E-state index contributed by atoms with van der Waals surface area (Å²) in [6.45, 7) is 0.960. The van der Waals surface area contributed by atoms with Crippen LogP contribution in [0.4, 0.5) is 19.0 Å². The molecule has 3 aromatic rings. The Bertz CT molecular complexity index is 1040. The topological polar surface area (TPSA) is 90.9 Å². The summed E-state index contributed by atoms with van der Waals surface area (Å²) < 4.78 is 31.7. The van der Waals surface area contributed by atoms with Crippen molar-refractivity contribution in [3.8, 4) is 11.4 Å². The molecule has 0 bridgehead atoms. The number of nitrogens with one attached hydrogen (secondary N) is 2. The van der Waals surface area contributed by atoms with Crippen LogP contribution in [-0.2, 0) is 4.79 Å². The van der Waals surface area contributed by atoms with E-state index in [1.54, 1.807) is 12.1 Å². The number of aromatic amines is 1. The number of hydrogen-bond acceptors (Lipinski definition) is 4. The van der Waals surface area contributed by atoms with Gasteiger partial charge in [-0.2, -0.15) is 13.2 Å². The number of anilines is 1. The molecule has 1 aromatic carbocycles. The number of carbonyl (C=O) groups is 1. The monoisotopic (exact) mass is 488 g/mol. The maximum absolute atomic E-state index is 10.6. The van der Waals surface area contributed by atoms with Crippen LogP contribution in [0.1, 0.15) is 32.1 Å². The first-order chi connectivity index (χ1) is 15.1. The third-order valence-electron chi connectivity index (χ3n) is 5.11. The molecule has 1 aliphatic carbocycles. The SMILES string of the molecule is Clc1cc2nc(-c3cccnc3NCC3CCCCC3)[nH]c2cc1Cl.O=C(O)C(F)(F)F. The van der Waals surface area contributed by atoms with Crippen LogP contribution >= 0.6 is 23.2 Å². The lowest BCUT2D eigenvalue weighted by Crippen LogP contribution is -2.21. The zero-order chi connectivity index (χ0) is 23.3. The molecule has 0 spiro atoms. The minimum atomic E-state index is -5.08. The van der Waals surface area contributed by atoms with E-state index < -0.39 is 12.1 Å². The highest BCUT2D eigenvalue weighted by atomic mass is 35.5. The Labute approximate surface area is 192 Å². The average Bonchev–Trinajstić information content (AvgIpc) is 3.16. The van der Waals surface area contributed by atoms with Gasteiger partial charge in [0.15, 0.2) is 0 Å². The molecule has 0 unspecified atom stereocenters. The molecule has 0 aliphatic heterocycles. The predicted molar refractivity (Wildman–Crippen MR) is 118 cm³/mol. The van der Waals surface area contributed by atoms with Crippen LogP contribution in [0.2, 0.25) is 10.0 Å². The molecule has 0 atom stereocenters. The predicted octanol–water partition coefficient (Wildman–Crippen LogP) is 6.56. The quantitative estimate of drug-likeness (QED) is 0.386. The first-order valence-corrected chi connectivity index (χ1v) is 10.7. The van der Waals surface area contributed by atoms with Gasteiger partial charge in [0.05, 0.1) is 26.6 Å². The van der Waals surface area contributed by atoms with Crippen LogP contribution in [0.15, 0.2) is 30.5 Å². The number of carboxylic acids is 1. The van der Waals surface area contributed by atoms with Crippen molar-refractivity contribution in [2.75, 3.05) is 11.9 Å². The lowest BCUT2D eigenvalue weighted by molar-refractivity contribution is -0.192. The van der Waals surface area contributed by atoms with Gasteiger partial charge in [-0.15, -0.1) is 0 Å². The highest BCUT2D eigenvalue weighted by molar-refractivity contribution is 6.42. The van der Waals surface area contributed by atoms with Crippen LogP contribution in [0, 0.1) is 5.92 Å². The molecule has 0 radical (unpaired) electrons. The number of hydrogen-bond donors (Lipinski definition) is 3. The van der Waals surface area contributed by atoms with E-state index in [-0.39, 0.29) is 0 Å². The third-order valence-corrected chi connectivity index (χ3v) is 5.83. The van der Waals surface area contributed by atoms with Gasteiger partial charge in [0.25, 0.3) is 0 Å². The molecule has 1 aliphatic rings. The molecule has 2 heterocycles. The zero-order valence-electron chi connectivity index (χ0n) is 16.8. The number of pyridine rings is 1. The average molecular weight is 489 g/mol. The number of aliphatic carboxylic acids is 1. The summed E-state index contributed by atoms with van der Waals surface area (Å²) in [5, 5.41) is 11.7. The van der Waals surface area contributed by atoms with E-state index in [1.165, 1.54) is 32.1 Å². The largest absolute Gasteiger partial charge is 0.490 e. The van der Waals surface area contributed by atoms with Gasteiger partial charge in [0, 0.05) is 12.7 Å². The molecule has 3 N–H and O–H groups in total. The van der Waals surface area contributed by atoms with Crippen LogP contribution in [0.25, 0.3) is 22.4 Å². The van der Waals surface area contributed by atoms with Gasteiger partial charge < -0.3 is 15.4 Å². The van der Waals surface area contributed by atoms with Gasteiger partial charge >= 0.3 is 12.1 Å². The molecular weight excluding hydrogens is 468 g/mol. The van der Waals surface area contributed by atoms with Crippen LogP contribution < -0.4 is 5.32 Å². The maximum atomic E-state index is 10.6. The number of imidazole rings is 1. The molecular formula is C21H21Cl2F3N4O2. The number of benzene rings is 1.